The van der Waals surface area contributed by atoms with Crippen molar-refractivity contribution >= 4 is 34.1 Å². The number of amides is 1. The molecule has 8 heteroatoms. The van der Waals surface area contributed by atoms with E-state index in [0.29, 0.717) is 16.1 Å². The van der Waals surface area contributed by atoms with Crippen molar-refractivity contribution in [2.45, 2.75) is 12.8 Å². The van der Waals surface area contributed by atoms with Gasteiger partial charge < -0.3 is 9.52 Å². The van der Waals surface area contributed by atoms with Crippen molar-refractivity contribution in [3.05, 3.63) is 34.7 Å². The molecule has 2 aromatic heterocycles. The van der Waals surface area contributed by atoms with E-state index < -0.39 is 17.8 Å². The van der Waals surface area contributed by atoms with Crippen LogP contribution in [0.2, 0.25) is 0 Å². The lowest BCUT2D eigenvalue weighted by Gasteiger charge is -2.15. The van der Waals surface area contributed by atoms with Crippen LogP contribution in [0.5, 0.6) is 0 Å². The second-order valence-corrected chi connectivity index (χ2v) is 5.63. The summed E-state index contributed by atoms with van der Waals surface area (Å²) in [6.07, 6.45) is 2.85. The largest absolute Gasteiger partial charge is 0.481 e. The zero-order valence-electron chi connectivity index (χ0n) is 10.7. The number of carboxylic acid groups (broad SMARTS) is 1. The van der Waals surface area contributed by atoms with Crippen LogP contribution in [-0.2, 0) is 11.2 Å². The number of nitrogens with zero attached hydrogens (tertiary/aromatic N) is 1. The Kier molecular flexibility index (Phi) is 3.30. The molecule has 0 saturated heterocycles. The summed E-state index contributed by atoms with van der Waals surface area (Å²) >= 11 is 1.07. The van der Waals surface area contributed by atoms with E-state index in [-0.39, 0.29) is 23.8 Å². The van der Waals surface area contributed by atoms with E-state index in [0.717, 1.165) is 11.3 Å². The summed E-state index contributed by atoms with van der Waals surface area (Å²) in [5, 5.41) is 11.9. The van der Waals surface area contributed by atoms with Gasteiger partial charge in [-0.25, -0.2) is 4.98 Å². The molecule has 0 radical (unpaired) electrons. The maximum Gasteiger partial charge on any atom is 0.307 e. The first-order chi connectivity index (χ1) is 10.0. The van der Waals surface area contributed by atoms with Crippen LogP contribution in [0.3, 0.4) is 0 Å². The molecule has 0 aromatic carbocycles. The van der Waals surface area contributed by atoms with Crippen molar-refractivity contribution in [1.82, 2.24) is 4.98 Å². The SMILES string of the molecule is O=C(Nc1nc2c(s1)C(=O)C[C@@H](C(=O)O)C2)c1ccoc1. The number of nitrogens with one attached hydrogen (secondary N) is 1. The van der Waals surface area contributed by atoms with Gasteiger partial charge in [0.1, 0.15) is 6.26 Å². The normalized spacial score (nSPS) is 17.3. The molecule has 0 spiro atoms. The monoisotopic (exact) mass is 306 g/mol. The molecule has 0 aliphatic heterocycles. The Morgan fingerprint density at radius 2 is 2.24 bits per heavy atom. The van der Waals surface area contributed by atoms with Gasteiger partial charge in [0, 0.05) is 12.8 Å². The minimum Gasteiger partial charge on any atom is -0.481 e. The van der Waals surface area contributed by atoms with Crippen LogP contribution in [0.4, 0.5) is 5.13 Å². The van der Waals surface area contributed by atoms with Gasteiger partial charge in [-0.2, -0.15) is 0 Å². The highest BCUT2D eigenvalue weighted by atomic mass is 32.1. The topological polar surface area (TPSA) is 110 Å². The highest BCUT2D eigenvalue weighted by Gasteiger charge is 2.33. The van der Waals surface area contributed by atoms with Gasteiger partial charge >= 0.3 is 5.97 Å². The number of rotatable bonds is 3. The van der Waals surface area contributed by atoms with E-state index in [1.165, 1.54) is 18.6 Å². The molecule has 108 valence electrons. The maximum atomic E-state index is 11.9. The lowest BCUT2D eigenvalue weighted by molar-refractivity contribution is -0.141. The van der Waals surface area contributed by atoms with E-state index in [4.69, 9.17) is 9.52 Å². The van der Waals surface area contributed by atoms with Gasteiger partial charge in [0.25, 0.3) is 5.91 Å². The van der Waals surface area contributed by atoms with Crippen LogP contribution in [0, 0.1) is 5.92 Å². The summed E-state index contributed by atoms with van der Waals surface area (Å²) < 4.78 is 4.81. The number of carbonyl (C=O) groups is 3. The fourth-order valence-corrected chi connectivity index (χ4v) is 3.06. The molecular formula is C13H10N2O5S. The van der Waals surface area contributed by atoms with E-state index >= 15 is 0 Å². The first kappa shape index (κ1) is 13.5. The average molecular weight is 306 g/mol. The van der Waals surface area contributed by atoms with Crippen molar-refractivity contribution in [3.8, 4) is 0 Å². The quantitative estimate of drug-likeness (QED) is 0.895. The summed E-state index contributed by atoms with van der Waals surface area (Å²) in [4.78, 5) is 39.3. The second-order valence-electron chi connectivity index (χ2n) is 4.63. The number of hydrogen-bond donors (Lipinski definition) is 2. The number of fused-ring (bicyclic) bond motifs is 1. The van der Waals surface area contributed by atoms with Gasteiger partial charge in [-0.3, -0.25) is 19.7 Å². The smallest absolute Gasteiger partial charge is 0.307 e. The van der Waals surface area contributed by atoms with Crippen molar-refractivity contribution in [1.29, 1.82) is 0 Å². The fraction of sp³-hybridized carbons (Fsp3) is 0.231. The molecule has 1 amide bonds. The lowest BCUT2D eigenvalue weighted by Crippen LogP contribution is -2.25. The number of Topliss-reactive ketones (excluding diaryl/α,β-unsaturated/α-hetero) is 1. The average Bonchev–Trinajstić information content (AvgIpc) is 3.06. The summed E-state index contributed by atoms with van der Waals surface area (Å²) in [5.74, 6) is -2.39. The molecule has 1 aliphatic carbocycles. The summed E-state index contributed by atoms with van der Waals surface area (Å²) in [6.45, 7) is 0. The number of thiazole rings is 1. The number of ketones is 1. The summed E-state index contributed by atoms with van der Waals surface area (Å²) in [5.41, 5.74) is 0.782. The highest BCUT2D eigenvalue weighted by molar-refractivity contribution is 7.17. The molecule has 0 saturated carbocycles. The Labute approximate surface area is 122 Å². The fourth-order valence-electron chi connectivity index (χ4n) is 2.12. The number of hydrogen-bond acceptors (Lipinski definition) is 6. The Bertz CT molecular complexity index is 719. The minimum atomic E-state index is -1.01. The van der Waals surface area contributed by atoms with Gasteiger partial charge in [-0.1, -0.05) is 11.3 Å². The Morgan fingerprint density at radius 1 is 1.43 bits per heavy atom. The van der Waals surface area contributed by atoms with Crippen LogP contribution in [0.15, 0.2) is 23.0 Å². The van der Waals surface area contributed by atoms with E-state index in [9.17, 15) is 14.4 Å². The third-order valence-electron chi connectivity index (χ3n) is 3.18. The molecule has 0 fully saturated rings. The predicted octanol–water partition coefficient (Wildman–Crippen LogP) is 1.82. The van der Waals surface area contributed by atoms with Crippen LogP contribution in [0.25, 0.3) is 0 Å². The van der Waals surface area contributed by atoms with Crippen LogP contribution in [0.1, 0.15) is 32.1 Å². The minimum absolute atomic E-state index is 0.0281. The lowest BCUT2D eigenvalue weighted by atomic mass is 9.90. The number of furan rings is 1. The number of anilines is 1. The van der Waals surface area contributed by atoms with Gasteiger partial charge in [-0.05, 0) is 6.07 Å². The molecule has 0 bridgehead atoms. The van der Waals surface area contributed by atoms with Crippen molar-refractivity contribution in [2.75, 3.05) is 5.32 Å². The molecular weight excluding hydrogens is 296 g/mol. The second kappa shape index (κ2) is 5.13. The van der Waals surface area contributed by atoms with Gasteiger partial charge in [0.2, 0.25) is 0 Å². The third-order valence-corrected chi connectivity index (χ3v) is 4.23. The standard InChI is InChI=1S/C13H10N2O5S/c16-9-4-7(12(18)19)3-8-10(9)21-13(14-8)15-11(17)6-1-2-20-5-6/h1-2,5,7H,3-4H2,(H,18,19)(H,14,15,17)/t7-/m0/s1. The van der Waals surface area contributed by atoms with Crippen molar-refractivity contribution in [2.24, 2.45) is 5.92 Å². The van der Waals surface area contributed by atoms with E-state index in [2.05, 4.69) is 10.3 Å². The molecule has 1 atom stereocenters. The first-order valence-corrected chi connectivity index (χ1v) is 6.95. The van der Waals surface area contributed by atoms with Gasteiger partial charge in [-0.15, -0.1) is 0 Å². The Morgan fingerprint density at radius 3 is 2.90 bits per heavy atom. The predicted molar refractivity (Wildman–Crippen MR) is 72.6 cm³/mol. The first-order valence-electron chi connectivity index (χ1n) is 6.14. The zero-order valence-corrected chi connectivity index (χ0v) is 11.5. The number of carboxylic acids is 1. The zero-order chi connectivity index (χ0) is 15.0. The summed E-state index contributed by atoms with van der Waals surface area (Å²) in [7, 11) is 0. The van der Waals surface area contributed by atoms with Gasteiger partial charge in [0.05, 0.1) is 28.3 Å². The molecule has 2 N–H and O–H groups in total. The maximum absolute atomic E-state index is 11.9. The third kappa shape index (κ3) is 2.57. The highest BCUT2D eigenvalue weighted by Crippen LogP contribution is 2.32. The van der Waals surface area contributed by atoms with Gasteiger partial charge in [0.15, 0.2) is 10.9 Å². The molecule has 2 aromatic rings. The van der Waals surface area contributed by atoms with Crippen LogP contribution < -0.4 is 5.32 Å². The molecule has 7 nitrogen and oxygen atoms in total. The molecule has 3 rings (SSSR count). The number of aromatic nitrogens is 1. The number of aliphatic carboxylic acids is 1. The molecule has 21 heavy (non-hydrogen) atoms. The molecule has 0 unspecified atom stereocenters. The molecule has 1 aliphatic rings. The van der Waals surface area contributed by atoms with Crippen molar-refractivity contribution < 1.29 is 23.9 Å². The van der Waals surface area contributed by atoms with Crippen LogP contribution in [-0.4, -0.2) is 27.8 Å². The van der Waals surface area contributed by atoms with Crippen LogP contribution >= 0.6 is 11.3 Å². The Balaban J connectivity index is 1.81. The summed E-state index contributed by atoms with van der Waals surface area (Å²) in [6, 6.07) is 1.51. The van der Waals surface area contributed by atoms with E-state index in [1.54, 1.807) is 0 Å². The molecule has 2 heterocycles. The van der Waals surface area contributed by atoms with E-state index in [1.807, 2.05) is 0 Å². The Hall–Kier alpha value is -2.48. The number of carbonyl (C=O) groups excluding carboxylic acids is 2. The van der Waals surface area contributed by atoms with Crippen molar-refractivity contribution in [3.63, 3.8) is 0 Å².